The number of aliphatic carboxylic acids is 1. The highest BCUT2D eigenvalue weighted by molar-refractivity contribution is 5.98. The van der Waals surface area contributed by atoms with E-state index in [0.29, 0.717) is 5.57 Å². The molecule has 6 nitrogen and oxygen atoms in total. The smallest absolute Gasteiger partial charge is 0.349 e. The molecule has 1 saturated carbocycles. The van der Waals surface area contributed by atoms with Crippen molar-refractivity contribution in [1.82, 2.24) is 5.48 Å². The molecular weight excluding hydrogens is 248 g/mol. The average molecular weight is 266 g/mol. The lowest BCUT2D eigenvalue weighted by Crippen LogP contribution is -2.41. The maximum atomic E-state index is 11.8. The number of carboxylic acid groups (broad SMARTS) is 1. The summed E-state index contributed by atoms with van der Waals surface area (Å²) in [5.74, 6) is -1.80. The summed E-state index contributed by atoms with van der Waals surface area (Å²) in [5.41, 5.74) is 1.27. The number of rotatable bonds is 7. The van der Waals surface area contributed by atoms with Crippen LogP contribution in [0.25, 0.3) is 0 Å². The van der Waals surface area contributed by atoms with Crippen molar-refractivity contribution in [2.45, 2.75) is 39.5 Å². The standard InChI is InChI=1S/C13H18N2O4/c1-3-13(4-2,11(16)17)12(18)19-15-8-10(7-14)9-5-6-9/h8-9,15H,3-6H2,1-2H3,(H,16,17). The first kappa shape index (κ1) is 15.0. The van der Waals surface area contributed by atoms with Gasteiger partial charge < -0.3 is 9.94 Å². The van der Waals surface area contributed by atoms with Gasteiger partial charge in [0, 0.05) is 6.20 Å². The van der Waals surface area contributed by atoms with E-state index in [1.54, 1.807) is 13.8 Å². The number of carbonyl (C=O) groups is 2. The molecule has 1 rings (SSSR count). The number of allylic oxidation sites excluding steroid dienone is 1. The maximum absolute atomic E-state index is 11.8. The number of carboxylic acids is 1. The molecule has 1 aliphatic rings. The Morgan fingerprint density at radius 2 is 2.05 bits per heavy atom. The Labute approximate surface area is 112 Å². The topological polar surface area (TPSA) is 99.4 Å². The minimum atomic E-state index is -1.53. The largest absolute Gasteiger partial charge is 0.480 e. The molecule has 0 aromatic heterocycles. The molecule has 0 aromatic rings. The molecule has 0 radical (unpaired) electrons. The Bertz CT molecular complexity index is 428. The first-order valence-electron chi connectivity index (χ1n) is 6.32. The van der Waals surface area contributed by atoms with E-state index >= 15 is 0 Å². The summed E-state index contributed by atoms with van der Waals surface area (Å²) >= 11 is 0. The van der Waals surface area contributed by atoms with E-state index in [2.05, 4.69) is 5.48 Å². The van der Waals surface area contributed by atoms with E-state index in [4.69, 9.17) is 15.2 Å². The van der Waals surface area contributed by atoms with Gasteiger partial charge in [-0.1, -0.05) is 13.8 Å². The van der Waals surface area contributed by atoms with Crippen LogP contribution in [0.4, 0.5) is 0 Å². The monoisotopic (exact) mass is 266 g/mol. The zero-order chi connectivity index (χ0) is 14.5. The van der Waals surface area contributed by atoms with Crippen molar-refractivity contribution in [3.05, 3.63) is 11.8 Å². The second kappa shape index (κ2) is 6.23. The van der Waals surface area contributed by atoms with Crippen LogP contribution in [0.3, 0.4) is 0 Å². The van der Waals surface area contributed by atoms with Crippen molar-refractivity contribution in [2.24, 2.45) is 11.3 Å². The average Bonchev–Trinajstić information content (AvgIpc) is 3.20. The quantitative estimate of drug-likeness (QED) is 0.413. The number of hydroxylamine groups is 1. The molecular formula is C13H18N2O4. The highest BCUT2D eigenvalue weighted by Crippen LogP contribution is 2.35. The van der Waals surface area contributed by atoms with Gasteiger partial charge in [0.2, 0.25) is 0 Å². The van der Waals surface area contributed by atoms with Crippen LogP contribution < -0.4 is 5.48 Å². The fraction of sp³-hybridized carbons (Fsp3) is 0.615. The third kappa shape index (κ3) is 3.25. The van der Waals surface area contributed by atoms with E-state index in [0.717, 1.165) is 12.8 Å². The molecule has 0 spiro atoms. The molecule has 2 N–H and O–H groups in total. The van der Waals surface area contributed by atoms with E-state index in [9.17, 15) is 9.59 Å². The Balaban J connectivity index is 2.63. The molecule has 0 heterocycles. The van der Waals surface area contributed by atoms with Gasteiger partial charge in [-0.15, -0.1) is 0 Å². The molecule has 1 aliphatic carbocycles. The van der Waals surface area contributed by atoms with Gasteiger partial charge in [0.25, 0.3) is 0 Å². The van der Waals surface area contributed by atoms with E-state index in [1.807, 2.05) is 6.07 Å². The van der Waals surface area contributed by atoms with Crippen molar-refractivity contribution in [3.63, 3.8) is 0 Å². The van der Waals surface area contributed by atoms with Crippen LogP contribution in [0.2, 0.25) is 0 Å². The van der Waals surface area contributed by atoms with Gasteiger partial charge in [-0.25, -0.2) is 10.3 Å². The summed E-state index contributed by atoms with van der Waals surface area (Å²) in [7, 11) is 0. The van der Waals surface area contributed by atoms with Crippen molar-refractivity contribution in [1.29, 1.82) is 5.26 Å². The summed E-state index contributed by atoms with van der Waals surface area (Å²) in [5, 5.41) is 18.0. The van der Waals surface area contributed by atoms with Crippen LogP contribution in [0, 0.1) is 22.7 Å². The first-order chi connectivity index (χ1) is 9.01. The fourth-order valence-corrected chi connectivity index (χ4v) is 1.81. The molecule has 6 heteroatoms. The van der Waals surface area contributed by atoms with Crippen molar-refractivity contribution in [2.75, 3.05) is 0 Å². The van der Waals surface area contributed by atoms with E-state index in [-0.39, 0.29) is 18.8 Å². The van der Waals surface area contributed by atoms with Gasteiger partial charge in [-0.3, -0.25) is 4.79 Å². The summed E-state index contributed by atoms with van der Waals surface area (Å²) in [4.78, 5) is 27.8. The van der Waals surface area contributed by atoms with Gasteiger partial charge in [-0.05, 0) is 31.6 Å². The molecule has 0 atom stereocenters. The van der Waals surface area contributed by atoms with Crippen LogP contribution in [-0.2, 0) is 14.4 Å². The van der Waals surface area contributed by atoms with Crippen LogP contribution >= 0.6 is 0 Å². The predicted octanol–water partition coefficient (Wildman–Crippen LogP) is 1.74. The minimum absolute atomic E-state index is 0.150. The normalized spacial score (nSPS) is 15.5. The number of hydrogen-bond acceptors (Lipinski definition) is 5. The molecule has 0 amide bonds. The second-order valence-electron chi connectivity index (χ2n) is 4.59. The number of nitriles is 1. The minimum Gasteiger partial charge on any atom is -0.480 e. The van der Waals surface area contributed by atoms with Gasteiger partial charge in [0.05, 0.1) is 11.6 Å². The highest BCUT2D eigenvalue weighted by atomic mass is 16.7. The number of carbonyl (C=O) groups excluding carboxylic acids is 1. The zero-order valence-corrected chi connectivity index (χ0v) is 11.1. The van der Waals surface area contributed by atoms with Gasteiger partial charge in [-0.2, -0.15) is 5.26 Å². The lowest BCUT2D eigenvalue weighted by atomic mass is 9.83. The molecule has 0 bridgehead atoms. The number of nitrogens with one attached hydrogen (secondary N) is 1. The summed E-state index contributed by atoms with van der Waals surface area (Å²) in [6.07, 6.45) is 3.54. The van der Waals surface area contributed by atoms with Gasteiger partial charge >= 0.3 is 11.9 Å². The molecule has 0 aromatic carbocycles. The van der Waals surface area contributed by atoms with Crippen molar-refractivity contribution >= 4 is 11.9 Å². The SMILES string of the molecule is CCC(CC)(C(=O)O)C(=O)ONC=C(C#N)C1CC1. The highest BCUT2D eigenvalue weighted by Gasteiger charge is 2.45. The van der Waals surface area contributed by atoms with Crippen LogP contribution in [0.15, 0.2) is 11.8 Å². The molecule has 19 heavy (non-hydrogen) atoms. The summed E-state index contributed by atoms with van der Waals surface area (Å²) < 4.78 is 0. The zero-order valence-electron chi connectivity index (χ0n) is 11.1. The third-order valence-corrected chi connectivity index (χ3v) is 3.52. The van der Waals surface area contributed by atoms with Gasteiger partial charge in [0.15, 0.2) is 5.41 Å². The van der Waals surface area contributed by atoms with E-state index < -0.39 is 17.4 Å². The predicted molar refractivity (Wildman–Crippen MR) is 66.3 cm³/mol. The van der Waals surface area contributed by atoms with Gasteiger partial charge in [0.1, 0.15) is 0 Å². The van der Waals surface area contributed by atoms with E-state index in [1.165, 1.54) is 6.20 Å². The lowest BCUT2D eigenvalue weighted by Gasteiger charge is -2.23. The maximum Gasteiger partial charge on any atom is 0.349 e. The molecule has 0 aliphatic heterocycles. The third-order valence-electron chi connectivity index (χ3n) is 3.52. The van der Waals surface area contributed by atoms with Crippen LogP contribution in [0.1, 0.15) is 39.5 Å². The Kier molecular flexibility index (Phi) is 4.93. The van der Waals surface area contributed by atoms with Crippen molar-refractivity contribution in [3.8, 4) is 6.07 Å². The summed E-state index contributed by atoms with van der Waals surface area (Å²) in [6.45, 7) is 3.25. The first-order valence-corrected chi connectivity index (χ1v) is 6.32. The second-order valence-corrected chi connectivity index (χ2v) is 4.59. The molecule has 0 saturated heterocycles. The molecule has 0 unspecified atom stereocenters. The fourth-order valence-electron chi connectivity index (χ4n) is 1.81. The Hall–Kier alpha value is -2.03. The Morgan fingerprint density at radius 1 is 1.47 bits per heavy atom. The lowest BCUT2D eigenvalue weighted by molar-refractivity contribution is -0.173. The Morgan fingerprint density at radius 3 is 2.42 bits per heavy atom. The van der Waals surface area contributed by atoms with Crippen LogP contribution in [-0.4, -0.2) is 17.0 Å². The van der Waals surface area contributed by atoms with Crippen LogP contribution in [0.5, 0.6) is 0 Å². The number of nitrogens with zero attached hydrogens (tertiary/aromatic N) is 1. The van der Waals surface area contributed by atoms with Crippen molar-refractivity contribution < 1.29 is 19.5 Å². The molecule has 104 valence electrons. The number of hydrogen-bond donors (Lipinski definition) is 2. The summed E-state index contributed by atoms with van der Waals surface area (Å²) in [6, 6.07) is 2.02. The molecule has 1 fully saturated rings.